The molecule has 0 spiro atoms. The van der Waals surface area contributed by atoms with Crippen molar-refractivity contribution in [3.8, 4) is 16.9 Å². The number of ether oxygens (including phenoxy) is 1. The lowest BCUT2D eigenvalue weighted by molar-refractivity contribution is -0.137. The van der Waals surface area contributed by atoms with E-state index in [0.29, 0.717) is 24.3 Å². The molecular weight excluding hydrogens is 378 g/mol. The minimum absolute atomic E-state index is 0.304. The maximum atomic E-state index is 13.1. The zero-order valence-corrected chi connectivity index (χ0v) is 17.2. The second-order valence-electron chi connectivity index (χ2n) is 7.14. The Balaban J connectivity index is 1.84. The Morgan fingerprint density at radius 3 is 2.47 bits per heavy atom. The normalized spacial score (nSPS) is 10.5. The predicted octanol–water partition coefficient (Wildman–Crippen LogP) is 4.44. The van der Waals surface area contributed by atoms with Crippen LogP contribution in [-0.4, -0.2) is 42.1 Å². The molecule has 0 atom stereocenters. The lowest BCUT2D eigenvalue weighted by Gasteiger charge is -2.21. The second kappa shape index (κ2) is 9.74. The monoisotopic (exact) mass is 403 g/mol. The van der Waals surface area contributed by atoms with Gasteiger partial charge in [0.2, 0.25) is 0 Å². The number of carbonyl (C=O) groups excluding carboxylic acids is 1. The van der Waals surface area contributed by atoms with Crippen LogP contribution in [0.1, 0.15) is 21.5 Å². The Morgan fingerprint density at radius 1 is 0.967 bits per heavy atom. The van der Waals surface area contributed by atoms with Gasteiger partial charge in [-0.05, 0) is 42.7 Å². The molecule has 3 aromatic carbocycles. The molecule has 0 saturated carbocycles. The molecule has 0 saturated heterocycles. The van der Waals surface area contributed by atoms with Gasteiger partial charge in [-0.3, -0.25) is 9.59 Å². The first-order valence-electron chi connectivity index (χ1n) is 9.78. The van der Waals surface area contributed by atoms with Gasteiger partial charge >= 0.3 is 5.97 Å². The molecule has 0 aromatic heterocycles. The van der Waals surface area contributed by atoms with Crippen LogP contribution in [0.25, 0.3) is 11.1 Å². The lowest BCUT2D eigenvalue weighted by atomic mass is 10.0. The van der Waals surface area contributed by atoms with E-state index in [0.717, 1.165) is 22.3 Å². The number of amides is 1. The molecule has 5 nitrogen and oxygen atoms in total. The third-order valence-electron chi connectivity index (χ3n) is 4.89. The number of para-hydroxylation sites is 1. The number of benzene rings is 3. The molecule has 0 fully saturated rings. The number of carboxylic acids is 1. The second-order valence-corrected chi connectivity index (χ2v) is 7.14. The summed E-state index contributed by atoms with van der Waals surface area (Å²) in [4.78, 5) is 25.9. The Hall–Kier alpha value is -3.60. The van der Waals surface area contributed by atoms with E-state index < -0.39 is 5.97 Å². The first-order chi connectivity index (χ1) is 14.5. The standard InChI is InChI=1S/C25H25NO4/c1-18-7-5-8-19(15-18)13-14-26(17-24(27)28)25(29)21-10-6-9-20(16-21)22-11-3-4-12-23(22)30-2/h3-12,15-16H,13-14,17H2,1-2H3,(H,27,28). The van der Waals surface area contributed by atoms with Gasteiger partial charge in [0, 0.05) is 17.7 Å². The third-order valence-corrected chi connectivity index (χ3v) is 4.89. The van der Waals surface area contributed by atoms with Gasteiger partial charge in [0.1, 0.15) is 12.3 Å². The van der Waals surface area contributed by atoms with Crippen molar-refractivity contribution in [1.29, 1.82) is 0 Å². The van der Waals surface area contributed by atoms with Crippen molar-refractivity contribution in [2.24, 2.45) is 0 Å². The van der Waals surface area contributed by atoms with E-state index in [2.05, 4.69) is 0 Å². The summed E-state index contributed by atoms with van der Waals surface area (Å²) < 4.78 is 5.42. The molecule has 0 aliphatic carbocycles. The number of methoxy groups -OCH3 is 1. The fourth-order valence-corrected chi connectivity index (χ4v) is 3.43. The van der Waals surface area contributed by atoms with Crippen LogP contribution < -0.4 is 4.74 Å². The van der Waals surface area contributed by atoms with Gasteiger partial charge < -0.3 is 14.7 Å². The minimum Gasteiger partial charge on any atom is -0.496 e. The van der Waals surface area contributed by atoms with Crippen molar-refractivity contribution in [2.75, 3.05) is 20.2 Å². The summed E-state index contributed by atoms with van der Waals surface area (Å²) >= 11 is 0. The van der Waals surface area contributed by atoms with Gasteiger partial charge in [0.15, 0.2) is 0 Å². The first kappa shape index (κ1) is 21.1. The van der Waals surface area contributed by atoms with Crippen LogP contribution in [0.4, 0.5) is 0 Å². The summed E-state index contributed by atoms with van der Waals surface area (Å²) in [6.45, 7) is 1.99. The molecule has 1 amide bonds. The summed E-state index contributed by atoms with van der Waals surface area (Å²) in [6.07, 6.45) is 0.590. The van der Waals surface area contributed by atoms with Crippen molar-refractivity contribution >= 4 is 11.9 Å². The van der Waals surface area contributed by atoms with Crippen LogP contribution in [0.5, 0.6) is 5.75 Å². The molecule has 3 rings (SSSR count). The number of aliphatic carboxylic acids is 1. The smallest absolute Gasteiger partial charge is 0.323 e. The van der Waals surface area contributed by atoms with Crippen molar-refractivity contribution < 1.29 is 19.4 Å². The molecule has 0 bridgehead atoms. The van der Waals surface area contributed by atoms with Crippen LogP contribution in [0, 0.1) is 6.92 Å². The Morgan fingerprint density at radius 2 is 1.73 bits per heavy atom. The Labute approximate surface area is 176 Å². The zero-order valence-electron chi connectivity index (χ0n) is 17.2. The maximum Gasteiger partial charge on any atom is 0.323 e. The van der Waals surface area contributed by atoms with E-state index in [1.54, 1.807) is 25.3 Å². The quantitative estimate of drug-likeness (QED) is 0.604. The zero-order chi connectivity index (χ0) is 21.5. The van der Waals surface area contributed by atoms with Gasteiger partial charge in [-0.25, -0.2) is 0 Å². The van der Waals surface area contributed by atoms with E-state index in [1.807, 2.05) is 61.5 Å². The SMILES string of the molecule is COc1ccccc1-c1cccc(C(=O)N(CCc2cccc(C)c2)CC(=O)O)c1. The fourth-order valence-electron chi connectivity index (χ4n) is 3.43. The number of carboxylic acid groups (broad SMARTS) is 1. The fraction of sp³-hybridized carbons (Fsp3) is 0.200. The average Bonchev–Trinajstić information content (AvgIpc) is 2.76. The molecule has 0 aliphatic heterocycles. The molecular formula is C25H25NO4. The topological polar surface area (TPSA) is 66.8 Å². The highest BCUT2D eigenvalue weighted by Crippen LogP contribution is 2.30. The third kappa shape index (κ3) is 5.26. The predicted molar refractivity (Wildman–Crippen MR) is 117 cm³/mol. The summed E-state index contributed by atoms with van der Waals surface area (Å²) in [5.41, 5.74) is 4.37. The largest absolute Gasteiger partial charge is 0.496 e. The molecule has 0 radical (unpaired) electrons. The van der Waals surface area contributed by atoms with Gasteiger partial charge in [0.25, 0.3) is 5.91 Å². The Bertz CT molecular complexity index is 1040. The van der Waals surface area contributed by atoms with E-state index in [9.17, 15) is 14.7 Å². The summed E-state index contributed by atoms with van der Waals surface area (Å²) in [6, 6.07) is 22.8. The Kier molecular flexibility index (Phi) is 6.86. The van der Waals surface area contributed by atoms with Crippen LogP contribution in [-0.2, 0) is 11.2 Å². The minimum atomic E-state index is -1.03. The highest BCUT2D eigenvalue weighted by molar-refractivity contribution is 5.97. The number of aryl methyl sites for hydroxylation is 1. The average molecular weight is 403 g/mol. The van der Waals surface area contributed by atoms with Gasteiger partial charge in [-0.2, -0.15) is 0 Å². The lowest BCUT2D eigenvalue weighted by Crippen LogP contribution is -2.37. The van der Waals surface area contributed by atoms with Crippen molar-refractivity contribution in [1.82, 2.24) is 4.90 Å². The maximum absolute atomic E-state index is 13.1. The van der Waals surface area contributed by atoms with E-state index in [1.165, 1.54) is 4.90 Å². The van der Waals surface area contributed by atoms with E-state index in [4.69, 9.17) is 4.74 Å². The van der Waals surface area contributed by atoms with Gasteiger partial charge in [-0.15, -0.1) is 0 Å². The van der Waals surface area contributed by atoms with E-state index >= 15 is 0 Å². The highest BCUT2D eigenvalue weighted by atomic mass is 16.5. The summed E-state index contributed by atoms with van der Waals surface area (Å²) in [5, 5.41) is 9.31. The molecule has 3 aromatic rings. The highest BCUT2D eigenvalue weighted by Gasteiger charge is 2.19. The number of rotatable bonds is 8. The molecule has 1 N–H and O–H groups in total. The number of nitrogens with zero attached hydrogens (tertiary/aromatic N) is 1. The summed E-state index contributed by atoms with van der Waals surface area (Å²) in [7, 11) is 1.60. The van der Waals surface area contributed by atoms with Gasteiger partial charge in [0.05, 0.1) is 7.11 Å². The molecule has 0 heterocycles. The molecule has 0 unspecified atom stereocenters. The van der Waals surface area contributed by atoms with E-state index in [-0.39, 0.29) is 12.5 Å². The molecule has 154 valence electrons. The molecule has 30 heavy (non-hydrogen) atoms. The number of hydrogen-bond donors (Lipinski definition) is 1. The van der Waals surface area contributed by atoms with Gasteiger partial charge in [-0.1, -0.05) is 60.2 Å². The van der Waals surface area contributed by atoms with Crippen molar-refractivity contribution in [3.63, 3.8) is 0 Å². The van der Waals surface area contributed by atoms with Crippen LogP contribution in [0.2, 0.25) is 0 Å². The van der Waals surface area contributed by atoms with Crippen LogP contribution >= 0.6 is 0 Å². The molecule has 5 heteroatoms. The van der Waals surface area contributed by atoms with Crippen molar-refractivity contribution in [3.05, 3.63) is 89.5 Å². The number of hydrogen-bond acceptors (Lipinski definition) is 3. The van der Waals surface area contributed by atoms with Crippen LogP contribution in [0.15, 0.2) is 72.8 Å². The first-order valence-corrected chi connectivity index (χ1v) is 9.78. The summed E-state index contributed by atoms with van der Waals surface area (Å²) in [5.74, 6) is -0.626. The van der Waals surface area contributed by atoms with Crippen molar-refractivity contribution in [2.45, 2.75) is 13.3 Å². The van der Waals surface area contributed by atoms with Crippen LogP contribution in [0.3, 0.4) is 0 Å². The number of carbonyl (C=O) groups is 2. The molecule has 0 aliphatic rings.